The summed E-state index contributed by atoms with van der Waals surface area (Å²) in [5.41, 5.74) is 4.89. The Morgan fingerprint density at radius 1 is 1.03 bits per heavy atom. The molecule has 4 heterocycles. The highest BCUT2D eigenvalue weighted by atomic mass is 19.3. The van der Waals surface area contributed by atoms with E-state index < -0.39 is 12.5 Å². The smallest absolute Gasteiger partial charge is 0.282 e. The first-order valence-electron chi connectivity index (χ1n) is 10.9. The van der Waals surface area contributed by atoms with Crippen LogP contribution >= 0.6 is 0 Å². The summed E-state index contributed by atoms with van der Waals surface area (Å²) in [6, 6.07) is 10.4. The summed E-state index contributed by atoms with van der Waals surface area (Å²) in [6.45, 7) is 5.18. The molecule has 0 aliphatic carbocycles. The van der Waals surface area contributed by atoms with Crippen molar-refractivity contribution in [1.82, 2.24) is 34.6 Å². The van der Waals surface area contributed by atoms with E-state index in [0.717, 1.165) is 16.8 Å². The molecule has 0 amide bonds. The maximum Gasteiger partial charge on any atom is 0.282 e. The maximum atomic E-state index is 13.2. The van der Waals surface area contributed by atoms with Gasteiger partial charge in [0.2, 0.25) is 0 Å². The van der Waals surface area contributed by atoms with E-state index in [1.54, 1.807) is 49.1 Å². The van der Waals surface area contributed by atoms with E-state index in [0.29, 0.717) is 34.1 Å². The summed E-state index contributed by atoms with van der Waals surface area (Å²) in [5, 5.41) is 30.1. The molecular formula is C24H22F2N8O. The summed E-state index contributed by atoms with van der Waals surface area (Å²) in [6.07, 6.45) is 1.62. The van der Waals surface area contributed by atoms with Crippen molar-refractivity contribution in [3.8, 4) is 16.8 Å². The van der Waals surface area contributed by atoms with Gasteiger partial charge in [-0.3, -0.25) is 0 Å². The lowest BCUT2D eigenvalue weighted by atomic mass is 10.0. The van der Waals surface area contributed by atoms with E-state index in [-0.39, 0.29) is 5.69 Å². The Hall–Kier alpha value is -4.25. The number of benzene rings is 1. The first-order chi connectivity index (χ1) is 16.8. The van der Waals surface area contributed by atoms with Crippen LogP contribution < -0.4 is 5.32 Å². The fourth-order valence-corrected chi connectivity index (χ4v) is 3.85. The molecule has 1 atom stereocenters. The number of alkyl halides is 2. The lowest BCUT2D eigenvalue weighted by molar-refractivity contribution is 0.145. The molecule has 0 aliphatic heterocycles. The van der Waals surface area contributed by atoms with Crippen LogP contribution in [0.3, 0.4) is 0 Å². The van der Waals surface area contributed by atoms with E-state index in [2.05, 4.69) is 30.7 Å². The number of aryl methyl sites for hydroxylation is 2. The normalized spacial score (nSPS) is 12.4. The van der Waals surface area contributed by atoms with Crippen molar-refractivity contribution in [3.05, 3.63) is 77.6 Å². The van der Waals surface area contributed by atoms with E-state index in [1.807, 2.05) is 25.1 Å². The second kappa shape index (κ2) is 8.84. The molecule has 0 aliphatic rings. The third kappa shape index (κ3) is 4.33. The standard InChI is InChI=1S/C24H22F2N8O/c1-13-4-7-22(31-30-13)29-17-10-27-24-19(11-28-33(24)12-17)16-5-6-18(15(3)35)21(9-16)34-14(2)8-20(32-34)23(25)26/h4-12,15,23,35H,1-3H3,(H,29,31). The molecule has 5 aromatic rings. The number of aliphatic hydroxyl groups excluding tert-OH is 1. The van der Waals surface area contributed by atoms with Crippen LogP contribution in [-0.2, 0) is 0 Å². The van der Waals surface area contributed by atoms with Crippen molar-refractivity contribution < 1.29 is 13.9 Å². The first kappa shape index (κ1) is 22.5. The van der Waals surface area contributed by atoms with Gasteiger partial charge in [0.1, 0.15) is 5.69 Å². The number of hydrogen-bond donors (Lipinski definition) is 2. The Labute approximate surface area is 199 Å². The predicted octanol–water partition coefficient (Wildman–Crippen LogP) is 4.72. The van der Waals surface area contributed by atoms with Crippen LogP contribution in [0.2, 0.25) is 0 Å². The van der Waals surface area contributed by atoms with Crippen LogP contribution in [0.15, 0.2) is 55.0 Å². The van der Waals surface area contributed by atoms with Gasteiger partial charge >= 0.3 is 0 Å². The van der Waals surface area contributed by atoms with Gasteiger partial charge in [-0.2, -0.15) is 15.3 Å². The predicted molar refractivity (Wildman–Crippen MR) is 126 cm³/mol. The van der Waals surface area contributed by atoms with Crippen molar-refractivity contribution in [2.75, 3.05) is 5.32 Å². The summed E-state index contributed by atoms with van der Waals surface area (Å²) in [5.74, 6) is 0.584. The zero-order valence-corrected chi connectivity index (χ0v) is 19.2. The average molecular weight is 476 g/mol. The molecular weight excluding hydrogens is 454 g/mol. The molecule has 11 heteroatoms. The summed E-state index contributed by atoms with van der Waals surface area (Å²) in [7, 11) is 0. The molecule has 35 heavy (non-hydrogen) atoms. The highest BCUT2D eigenvalue weighted by molar-refractivity contribution is 5.79. The quantitative estimate of drug-likeness (QED) is 0.365. The number of nitrogens with zero attached hydrogens (tertiary/aromatic N) is 7. The van der Waals surface area contributed by atoms with Gasteiger partial charge in [-0.05, 0) is 50.6 Å². The Morgan fingerprint density at radius 3 is 2.54 bits per heavy atom. The van der Waals surface area contributed by atoms with Crippen LogP contribution in [0.5, 0.6) is 0 Å². The number of halogens is 2. The van der Waals surface area contributed by atoms with E-state index in [9.17, 15) is 13.9 Å². The minimum atomic E-state index is -2.69. The number of nitrogens with one attached hydrogen (secondary N) is 1. The minimum Gasteiger partial charge on any atom is -0.389 e. The van der Waals surface area contributed by atoms with Gasteiger partial charge in [0.25, 0.3) is 6.43 Å². The Morgan fingerprint density at radius 2 is 1.86 bits per heavy atom. The summed E-state index contributed by atoms with van der Waals surface area (Å²) >= 11 is 0. The SMILES string of the molecule is Cc1ccc(Nc2cnc3c(-c4ccc(C(C)O)c(-n5nc(C(F)F)cc5C)c4)cnn3c2)nn1. The molecule has 1 aromatic carbocycles. The van der Waals surface area contributed by atoms with Crippen molar-refractivity contribution in [2.24, 2.45) is 0 Å². The van der Waals surface area contributed by atoms with Crippen LogP contribution in [0, 0.1) is 13.8 Å². The van der Waals surface area contributed by atoms with Crippen LogP contribution in [0.4, 0.5) is 20.3 Å². The second-order valence-electron chi connectivity index (χ2n) is 8.23. The van der Waals surface area contributed by atoms with Crippen LogP contribution in [-0.4, -0.2) is 39.7 Å². The van der Waals surface area contributed by atoms with Crippen LogP contribution in [0.1, 0.15) is 42.1 Å². The third-order valence-corrected chi connectivity index (χ3v) is 5.58. The highest BCUT2D eigenvalue weighted by Gasteiger charge is 2.19. The van der Waals surface area contributed by atoms with Gasteiger partial charge in [0.15, 0.2) is 11.5 Å². The van der Waals surface area contributed by atoms with E-state index in [4.69, 9.17) is 0 Å². The van der Waals surface area contributed by atoms with Crippen molar-refractivity contribution >= 4 is 17.2 Å². The molecule has 0 saturated heterocycles. The van der Waals surface area contributed by atoms with Gasteiger partial charge in [-0.15, -0.1) is 5.10 Å². The maximum absolute atomic E-state index is 13.2. The van der Waals surface area contributed by atoms with E-state index >= 15 is 0 Å². The van der Waals surface area contributed by atoms with Crippen LogP contribution in [0.25, 0.3) is 22.5 Å². The van der Waals surface area contributed by atoms with Gasteiger partial charge in [-0.1, -0.05) is 12.1 Å². The van der Waals surface area contributed by atoms with Gasteiger partial charge in [0.05, 0.1) is 41.8 Å². The molecule has 0 spiro atoms. The van der Waals surface area contributed by atoms with Gasteiger partial charge in [-0.25, -0.2) is 23.0 Å². The zero-order valence-electron chi connectivity index (χ0n) is 19.2. The van der Waals surface area contributed by atoms with Gasteiger partial charge < -0.3 is 10.4 Å². The monoisotopic (exact) mass is 476 g/mol. The van der Waals surface area contributed by atoms with Crippen molar-refractivity contribution in [1.29, 1.82) is 0 Å². The second-order valence-corrected chi connectivity index (χ2v) is 8.23. The third-order valence-electron chi connectivity index (χ3n) is 5.58. The van der Waals surface area contributed by atoms with Crippen molar-refractivity contribution in [2.45, 2.75) is 33.3 Å². The lowest BCUT2D eigenvalue weighted by Crippen LogP contribution is -2.06. The summed E-state index contributed by atoms with van der Waals surface area (Å²) < 4.78 is 29.5. The average Bonchev–Trinajstić information content (AvgIpc) is 3.43. The van der Waals surface area contributed by atoms with Gasteiger partial charge in [0, 0.05) is 16.8 Å². The number of rotatable bonds is 6. The fraction of sp³-hybridized carbons (Fsp3) is 0.208. The minimum absolute atomic E-state index is 0.319. The number of hydrogen-bond acceptors (Lipinski definition) is 7. The van der Waals surface area contributed by atoms with E-state index in [1.165, 1.54) is 10.7 Å². The molecule has 178 valence electrons. The highest BCUT2D eigenvalue weighted by Crippen LogP contribution is 2.32. The number of anilines is 2. The molecule has 0 radical (unpaired) electrons. The topological polar surface area (TPSA) is 106 Å². The molecule has 4 aromatic heterocycles. The molecule has 5 rings (SSSR count). The summed E-state index contributed by atoms with van der Waals surface area (Å²) in [4.78, 5) is 4.55. The first-order valence-corrected chi connectivity index (χ1v) is 10.9. The van der Waals surface area contributed by atoms with Crippen molar-refractivity contribution in [3.63, 3.8) is 0 Å². The molecule has 9 nitrogen and oxygen atoms in total. The molecule has 2 N–H and O–H groups in total. The Kier molecular flexibility index (Phi) is 5.69. The fourth-order valence-electron chi connectivity index (χ4n) is 3.85. The lowest BCUT2D eigenvalue weighted by Gasteiger charge is -2.15. The largest absolute Gasteiger partial charge is 0.389 e. The Bertz CT molecular complexity index is 1510. The molecule has 1 unspecified atom stereocenters. The number of aromatic nitrogens is 7. The Balaban J connectivity index is 1.54. The zero-order chi connectivity index (χ0) is 24.7. The number of aliphatic hydroxyl groups is 1. The molecule has 0 bridgehead atoms. The molecule has 0 fully saturated rings. The molecule has 0 saturated carbocycles. The number of fused-ring (bicyclic) bond motifs is 1.